The van der Waals surface area contributed by atoms with Crippen molar-refractivity contribution in [2.24, 2.45) is 0 Å². The average molecular weight is 382 g/mol. The Morgan fingerprint density at radius 2 is 1.84 bits per heavy atom. The molecule has 1 aromatic carbocycles. The number of hydrogen-bond acceptors (Lipinski definition) is 6. The van der Waals surface area contributed by atoms with Crippen molar-refractivity contribution >= 4 is 27.1 Å². The van der Waals surface area contributed by atoms with Gasteiger partial charge in [-0.25, -0.2) is 18.1 Å². The molecule has 0 saturated heterocycles. The zero-order chi connectivity index (χ0) is 18.4. The Balaban J connectivity index is 2.00. The van der Waals surface area contributed by atoms with E-state index in [0.717, 1.165) is 30.3 Å². The molecule has 1 aromatic heterocycles. The highest BCUT2D eigenvalue weighted by Crippen LogP contribution is 2.15. The van der Waals surface area contributed by atoms with Crippen molar-refractivity contribution in [3.63, 3.8) is 0 Å². The van der Waals surface area contributed by atoms with Gasteiger partial charge < -0.3 is 0 Å². The fraction of sp³-hybridized carbons (Fsp3) is 0.412. The van der Waals surface area contributed by atoms with Gasteiger partial charge in [0.15, 0.2) is 5.78 Å². The van der Waals surface area contributed by atoms with Crippen LogP contribution in [0.5, 0.6) is 0 Å². The zero-order valence-electron chi connectivity index (χ0n) is 14.7. The summed E-state index contributed by atoms with van der Waals surface area (Å²) in [5, 5.41) is 2.69. The van der Waals surface area contributed by atoms with E-state index in [2.05, 4.69) is 28.5 Å². The summed E-state index contributed by atoms with van der Waals surface area (Å²) in [6.45, 7) is 8.46. The van der Waals surface area contributed by atoms with Gasteiger partial charge in [-0.2, -0.15) is 0 Å². The number of aromatic nitrogens is 1. The number of sulfonamides is 1. The third kappa shape index (κ3) is 5.43. The minimum absolute atomic E-state index is 0.0968. The van der Waals surface area contributed by atoms with Crippen LogP contribution in [0.25, 0.3) is 0 Å². The molecule has 25 heavy (non-hydrogen) atoms. The van der Waals surface area contributed by atoms with Crippen molar-refractivity contribution in [3.05, 3.63) is 45.9 Å². The van der Waals surface area contributed by atoms with Gasteiger partial charge in [0.1, 0.15) is 5.01 Å². The van der Waals surface area contributed by atoms with Crippen molar-refractivity contribution in [3.8, 4) is 0 Å². The number of thiazole rings is 1. The lowest BCUT2D eigenvalue weighted by Gasteiger charge is -2.15. The topological polar surface area (TPSA) is 79.4 Å². The molecule has 8 heteroatoms. The summed E-state index contributed by atoms with van der Waals surface area (Å²) in [6, 6.07) is 5.91. The first kappa shape index (κ1) is 19.7. The summed E-state index contributed by atoms with van der Waals surface area (Å²) in [5.74, 6) is -0.0968. The highest BCUT2D eigenvalue weighted by Gasteiger charge is 2.15. The molecule has 2 aromatic rings. The summed E-state index contributed by atoms with van der Waals surface area (Å²) in [5.41, 5.74) is 1.44. The van der Waals surface area contributed by atoms with Crippen molar-refractivity contribution < 1.29 is 13.2 Å². The van der Waals surface area contributed by atoms with Crippen LogP contribution in [0.4, 0.5) is 0 Å². The van der Waals surface area contributed by atoms with Crippen LogP contribution in [0.3, 0.4) is 0 Å². The van der Waals surface area contributed by atoms with E-state index in [4.69, 9.17) is 0 Å². The van der Waals surface area contributed by atoms with Gasteiger partial charge in [-0.05, 0) is 32.1 Å². The Morgan fingerprint density at radius 3 is 2.40 bits per heavy atom. The van der Waals surface area contributed by atoms with Crippen LogP contribution < -0.4 is 4.72 Å². The monoisotopic (exact) mass is 381 g/mol. The summed E-state index contributed by atoms with van der Waals surface area (Å²) in [6.07, 6.45) is 0. The summed E-state index contributed by atoms with van der Waals surface area (Å²) >= 11 is 1.45. The maximum Gasteiger partial charge on any atom is 0.240 e. The lowest BCUT2D eigenvalue weighted by molar-refractivity contribution is 0.101. The Kier molecular flexibility index (Phi) is 6.83. The number of rotatable bonds is 9. The molecule has 0 atom stereocenters. The predicted molar refractivity (Wildman–Crippen MR) is 99.2 cm³/mol. The maximum absolute atomic E-state index is 12.3. The van der Waals surface area contributed by atoms with Gasteiger partial charge in [0.2, 0.25) is 10.0 Å². The average Bonchev–Trinajstić information content (AvgIpc) is 3.05. The fourth-order valence-electron chi connectivity index (χ4n) is 2.29. The molecular weight excluding hydrogens is 358 g/mol. The number of carbonyl (C=O) groups excluding carboxylic acids is 1. The van der Waals surface area contributed by atoms with E-state index in [1.807, 2.05) is 5.38 Å². The zero-order valence-corrected chi connectivity index (χ0v) is 16.3. The van der Waals surface area contributed by atoms with Crippen LogP contribution in [-0.2, 0) is 23.1 Å². The number of hydrogen-bond donors (Lipinski definition) is 1. The molecule has 136 valence electrons. The molecule has 0 aliphatic rings. The number of nitrogens with zero attached hydrogens (tertiary/aromatic N) is 2. The highest BCUT2D eigenvalue weighted by atomic mass is 32.2. The van der Waals surface area contributed by atoms with E-state index in [1.54, 1.807) is 0 Å². The molecular formula is C17H23N3O3S2. The summed E-state index contributed by atoms with van der Waals surface area (Å²) in [4.78, 5) is 18.1. The van der Waals surface area contributed by atoms with Crippen LogP contribution in [0, 0.1) is 0 Å². The molecule has 1 N–H and O–H groups in total. The van der Waals surface area contributed by atoms with E-state index in [9.17, 15) is 13.2 Å². The van der Waals surface area contributed by atoms with Crippen LogP contribution in [-0.4, -0.2) is 37.2 Å². The molecule has 2 rings (SSSR count). The molecule has 0 bridgehead atoms. The smallest absolute Gasteiger partial charge is 0.240 e. The highest BCUT2D eigenvalue weighted by molar-refractivity contribution is 7.89. The van der Waals surface area contributed by atoms with Gasteiger partial charge in [0, 0.05) is 17.5 Å². The Bertz CT molecular complexity index is 810. The van der Waals surface area contributed by atoms with Crippen LogP contribution in [0.15, 0.2) is 34.5 Å². The second kappa shape index (κ2) is 8.66. The standard InChI is InChI=1S/C17H23N3O3S2/c1-4-20(5-2)11-15-12-24-17(19-15)10-18-25(22,23)16-8-6-14(7-9-16)13(3)21/h6-9,12,18H,4-5,10-11H2,1-3H3. The molecule has 0 radical (unpaired) electrons. The van der Waals surface area contributed by atoms with Crippen LogP contribution in [0.1, 0.15) is 41.8 Å². The van der Waals surface area contributed by atoms with Gasteiger partial charge in [-0.1, -0.05) is 26.0 Å². The molecule has 0 aliphatic heterocycles. The molecule has 0 fully saturated rings. The lowest BCUT2D eigenvalue weighted by atomic mass is 10.2. The second-order valence-corrected chi connectivity index (χ2v) is 8.31. The number of benzene rings is 1. The minimum Gasteiger partial charge on any atom is -0.298 e. The predicted octanol–water partition coefficient (Wildman–Crippen LogP) is 2.67. The van der Waals surface area contributed by atoms with E-state index >= 15 is 0 Å². The fourth-order valence-corrected chi connectivity index (χ4v) is 4.09. The molecule has 6 nitrogen and oxygen atoms in total. The third-order valence-corrected chi connectivity index (χ3v) is 6.18. The minimum atomic E-state index is -3.63. The molecule has 0 saturated carbocycles. The van der Waals surface area contributed by atoms with Gasteiger partial charge in [-0.15, -0.1) is 11.3 Å². The first-order valence-corrected chi connectivity index (χ1v) is 10.5. The number of nitrogens with one attached hydrogen (secondary N) is 1. The molecule has 0 spiro atoms. The largest absolute Gasteiger partial charge is 0.298 e. The number of ketones is 1. The summed E-state index contributed by atoms with van der Waals surface area (Å²) in [7, 11) is -3.63. The van der Waals surface area contributed by atoms with E-state index < -0.39 is 10.0 Å². The molecule has 0 unspecified atom stereocenters. The van der Waals surface area contributed by atoms with Gasteiger partial charge in [0.25, 0.3) is 0 Å². The second-order valence-electron chi connectivity index (χ2n) is 5.60. The van der Waals surface area contributed by atoms with Crippen molar-refractivity contribution in [2.45, 2.75) is 38.8 Å². The quantitative estimate of drug-likeness (QED) is 0.676. The molecule has 0 amide bonds. The lowest BCUT2D eigenvalue weighted by Crippen LogP contribution is -2.24. The van der Waals surface area contributed by atoms with Crippen LogP contribution in [0.2, 0.25) is 0 Å². The van der Waals surface area contributed by atoms with Crippen molar-refractivity contribution in [2.75, 3.05) is 13.1 Å². The normalized spacial score (nSPS) is 11.8. The van der Waals surface area contributed by atoms with Gasteiger partial charge >= 0.3 is 0 Å². The van der Waals surface area contributed by atoms with Crippen molar-refractivity contribution in [1.82, 2.24) is 14.6 Å². The number of Topliss-reactive ketones (excluding diaryl/α,β-unsaturated/α-hetero) is 1. The SMILES string of the molecule is CCN(CC)Cc1csc(CNS(=O)(=O)c2ccc(C(C)=O)cc2)n1. The van der Waals surface area contributed by atoms with E-state index in [1.165, 1.54) is 42.5 Å². The van der Waals surface area contributed by atoms with Gasteiger partial charge in [-0.3, -0.25) is 9.69 Å². The maximum atomic E-state index is 12.3. The van der Waals surface area contributed by atoms with E-state index in [0.29, 0.717) is 5.56 Å². The number of carbonyl (C=O) groups is 1. The Hall–Kier alpha value is -1.61. The first-order chi connectivity index (χ1) is 11.9. The van der Waals surface area contributed by atoms with Crippen molar-refractivity contribution in [1.29, 1.82) is 0 Å². The van der Waals surface area contributed by atoms with Gasteiger partial charge in [0.05, 0.1) is 17.1 Å². The van der Waals surface area contributed by atoms with Crippen LogP contribution >= 0.6 is 11.3 Å². The Morgan fingerprint density at radius 1 is 1.20 bits per heavy atom. The molecule has 0 aliphatic carbocycles. The molecule has 1 heterocycles. The summed E-state index contributed by atoms with van der Waals surface area (Å²) < 4.78 is 27.2. The third-order valence-electron chi connectivity index (χ3n) is 3.86. The Labute approximate surface area is 153 Å². The first-order valence-electron chi connectivity index (χ1n) is 8.12. The van der Waals surface area contributed by atoms with E-state index in [-0.39, 0.29) is 17.2 Å².